The quantitative estimate of drug-likeness (QED) is 0.233. The minimum Gasteiger partial charge on any atom is -0.480 e. The first-order valence-electron chi connectivity index (χ1n) is 7.87. The zero-order valence-electron chi connectivity index (χ0n) is 15.1. The van der Waals surface area contributed by atoms with Crippen molar-refractivity contribution in [3.05, 3.63) is 35.4 Å². The number of nitrogens with two attached hydrogens (primary N) is 2. The summed E-state index contributed by atoms with van der Waals surface area (Å²) in [7, 11) is 0. The number of amides is 4. The van der Waals surface area contributed by atoms with E-state index in [9.17, 15) is 19.2 Å². The maximum Gasteiger partial charge on any atom is 0.344 e. The van der Waals surface area contributed by atoms with Gasteiger partial charge in [-0.2, -0.15) is 5.01 Å². The van der Waals surface area contributed by atoms with Crippen molar-refractivity contribution >= 4 is 42.1 Å². The highest BCUT2D eigenvalue weighted by Gasteiger charge is 2.52. The molecule has 12 heteroatoms. The van der Waals surface area contributed by atoms with Crippen LogP contribution in [0, 0.1) is 5.41 Å². The van der Waals surface area contributed by atoms with E-state index in [2.05, 4.69) is 5.32 Å². The molecule has 28 heavy (non-hydrogen) atoms. The zero-order valence-corrected chi connectivity index (χ0v) is 15.9. The maximum absolute atomic E-state index is 12.9. The molecule has 0 spiro atoms. The van der Waals surface area contributed by atoms with Crippen LogP contribution in [0.25, 0.3) is 0 Å². The average Bonchev–Trinajstić information content (AvgIpc) is 2.82. The van der Waals surface area contributed by atoms with E-state index in [0.717, 1.165) is 6.92 Å². The topological polar surface area (TPSA) is 183 Å². The predicted octanol–water partition coefficient (Wildman–Crippen LogP) is -0.665. The van der Waals surface area contributed by atoms with Crippen molar-refractivity contribution in [3.8, 4) is 0 Å². The van der Waals surface area contributed by atoms with Gasteiger partial charge in [-0.25, -0.2) is 9.80 Å². The van der Waals surface area contributed by atoms with Gasteiger partial charge in [0.1, 0.15) is 17.4 Å². The third-order valence-corrected chi connectivity index (χ3v) is 4.23. The van der Waals surface area contributed by atoms with Crippen molar-refractivity contribution in [1.82, 2.24) is 15.3 Å². The van der Waals surface area contributed by atoms with Crippen LogP contribution in [-0.4, -0.2) is 57.4 Å². The number of hydrogen-bond donors (Lipinski definition) is 5. The van der Waals surface area contributed by atoms with Crippen LogP contribution in [0.2, 0.25) is 0 Å². The van der Waals surface area contributed by atoms with Gasteiger partial charge >= 0.3 is 12.0 Å². The molecule has 1 aromatic carbocycles. The van der Waals surface area contributed by atoms with Crippen LogP contribution < -0.4 is 16.8 Å². The van der Waals surface area contributed by atoms with Gasteiger partial charge in [-0.1, -0.05) is 24.3 Å². The van der Waals surface area contributed by atoms with Crippen molar-refractivity contribution < 1.29 is 24.3 Å². The molecular weight excluding hydrogens is 392 g/mol. The molecule has 1 aliphatic rings. The molecule has 2 rings (SSSR count). The van der Waals surface area contributed by atoms with E-state index in [-0.39, 0.29) is 18.2 Å². The first-order valence-corrected chi connectivity index (χ1v) is 7.87. The van der Waals surface area contributed by atoms with E-state index in [1.54, 1.807) is 0 Å². The van der Waals surface area contributed by atoms with Crippen molar-refractivity contribution in [2.45, 2.75) is 25.4 Å². The molecule has 4 amide bonds. The lowest BCUT2D eigenvalue weighted by atomic mass is 9.91. The van der Waals surface area contributed by atoms with Crippen LogP contribution in [0.1, 0.15) is 25.0 Å². The van der Waals surface area contributed by atoms with Crippen molar-refractivity contribution in [2.24, 2.45) is 11.5 Å². The molecule has 2 unspecified atom stereocenters. The fourth-order valence-electron chi connectivity index (χ4n) is 2.64. The van der Waals surface area contributed by atoms with Crippen LogP contribution in [0.3, 0.4) is 0 Å². The highest BCUT2D eigenvalue weighted by atomic mass is 35.5. The molecule has 11 nitrogen and oxygen atoms in total. The highest BCUT2D eigenvalue weighted by molar-refractivity contribution is 6.08. The molecular formula is C16H21ClN6O5. The summed E-state index contributed by atoms with van der Waals surface area (Å²) in [6.45, 7) is 1.99. The monoisotopic (exact) mass is 412 g/mol. The SMILES string of the molecule is CC(=O)N(CC(N)C(=O)O)N1C(=O)NC(C)(c2ccc(C(=N)N)cc2)C1=O.Cl. The molecule has 0 aliphatic carbocycles. The van der Waals surface area contributed by atoms with Gasteiger partial charge < -0.3 is 21.9 Å². The number of hydrazine groups is 1. The number of rotatable bonds is 6. The number of urea groups is 1. The van der Waals surface area contributed by atoms with E-state index >= 15 is 0 Å². The second-order valence-electron chi connectivity index (χ2n) is 6.21. The molecule has 1 aromatic rings. The first kappa shape index (κ1) is 22.9. The number of carbonyl (C=O) groups is 4. The summed E-state index contributed by atoms with van der Waals surface area (Å²) in [5, 5.41) is 20.1. The second-order valence-corrected chi connectivity index (χ2v) is 6.21. The Morgan fingerprint density at radius 3 is 2.29 bits per heavy atom. The van der Waals surface area contributed by atoms with Crippen LogP contribution in [0.5, 0.6) is 0 Å². The van der Waals surface area contributed by atoms with E-state index in [4.69, 9.17) is 22.0 Å². The number of carboxylic acid groups (broad SMARTS) is 1. The van der Waals surface area contributed by atoms with E-state index in [0.29, 0.717) is 21.1 Å². The number of carboxylic acids is 1. The summed E-state index contributed by atoms with van der Waals surface area (Å²) < 4.78 is 0. The molecule has 152 valence electrons. The smallest absolute Gasteiger partial charge is 0.344 e. The van der Waals surface area contributed by atoms with Gasteiger partial charge in [-0.15, -0.1) is 12.4 Å². The molecule has 1 aliphatic heterocycles. The average molecular weight is 413 g/mol. The van der Waals surface area contributed by atoms with Crippen LogP contribution >= 0.6 is 12.4 Å². The molecule has 0 aromatic heterocycles. The third-order valence-electron chi connectivity index (χ3n) is 4.23. The van der Waals surface area contributed by atoms with Gasteiger partial charge in [0, 0.05) is 12.5 Å². The summed E-state index contributed by atoms with van der Waals surface area (Å²) in [6.07, 6.45) is 0. The van der Waals surface area contributed by atoms with Crippen molar-refractivity contribution in [2.75, 3.05) is 6.54 Å². The lowest BCUT2D eigenvalue weighted by molar-refractivity contribution is -0.157. The van der Waals surface area contributed by atoms with Gasteiger partial charge in [0.2, 0.25) is 5.91 Å². The van der Waals surface area contributed by atoms with Gasteiger partial charge in [0.05, 0.1) is 6.54 Å². The van der Waals surface area contributed by atoms with Gasteiger partial charge in [0.25, 0.3) is 5.91 Å². The summed E-state index contributed by atoms with van der Waals surface area (Å²) in [4.78, 5) is 48.2. The van der Waals surface area contributed by atoms with Crippen molar-refractivity contribution in [1.29, 1.82) is 5.41 Å². The fourth-order valence-corrected chi connectivity index (χ4v) is 2.64. The number of benzene rings is 1. The predicted molar refractivity (Wildman–Crippen MR) is 100 cm³/mol. The van der Waals surface area contributed by atoms with Crippen molar-refractivity contribution in [3.63, 3.8) is 0 Å². The Labute approximate surface area is 166 Å². The zero-order chi connectivity index (χ0) is 20.5. The van der Waals surface area contributed by atoms with Gasteiger partial charge in [-0.3, -0.25) is 19.8 Å². The summed E-state index contributed by atoms with van der Waals surface area (Å²) in [5.74, 6) is -3.02. The minimum absolute atomic E-state index is 0. The second kappa shape index (κ2) is 8.23. The number of amidine groups is 1. The number of halogens is 1. The molecule has 1 saturated heterocycles. The van der Waals surface area contributed by atoms with E-state index in [1.807, 2.05) is 0 Å². The standard InChI is InChI=1S/C16H20N6O5.ClH/c1-8(23)21(7-11(17)13(24)25)22-14(26)16(2,20-15(22)27)10-5-3-9(4-6-10)12(18)19;/h3-6,11H,7,17H2,1-2H3,(H3,18,19)(H,20,27)(H,24,25);1H. The largest absolute Gasteiger partial charge is 0.480 e. The fraction of sp³-hybridized carbons (Fsp3) is 0.312. The van der Waals surface area contributed by atoms with Crippen LogP contribution in [0.4, 0.5) is 4.79 Å². The lowest BCUT2D eigenvalue weighted by Gasteiger charge is -2.30. The third kappa shape index (κ3) is 4.05. The van der Waals surface area contributed by atoms with E-state index < -0.39 is 41.9 Å². The Hall–Kier alpha value is -3.18. The number of aliphatic carboxylic acids is 1. The number of imide groups is 1. The Morgan fingerprint density at radius 2 is 1.86 bits per heavy atom. The molecule has 0 radical (unpaired) electrons. The molecule has 7 N–H and O–H groups in total. The molecule has 0 bridgehead atoms. The Bertz CT molecular complexity index is 829. The highest BCUT2D eigenvalue weighted by Crippen LogP contribution is 2.30. The minimum atomic E-state index is -1.49. The first-order chi connectivity index (χ1) is 12.5. The normalized spacial score (nSPS) is 19.5. The Balaban J connectivity index is 0.00000392. The molecule has 0 saturated carbocycles. The lowest BCUT2D eigenvalue weighted by Crippen LogP contribution is -2.55. The number of hydrogen-bond acceptors (Lipinski definition) is 6. The maximum atomic E-state index is 12.9. The molecule has 2 atom stereocenters. The summed E-state index contributed by atoms with van der Waals surface area (Å²) in [6, 6.07) is 3.74. The van der Waals surface area contributed by atoms with Gasteiger partial charge in [-0.05, 0) is 12.5 Å². The Kier molecular flexibility index (Phi) is 6.72. The summed E-state index contributed by atoms with van der Waals surface area (Å²) >= 11 is 0. The molecule has 1 heterocycles. The van der Waals surface area contributed by atoms with E-state index in [1.165, 1.54) is 31.2 Å². The number of nitrogens with one attached hydrogen (secondary N) is 2. The van der Waals surface area contributed by atoms with Crippen LogP contribution in [-0.2, 0) is 19.9 Å². The van der Waals surface area contributed by atoms with Gasteiger partial charge in [0.15, 0.2) is 0 Å². The number of carbonyl (C=O) groups excluding carboxylic acids is 3. The summed E-state index contributed by atoms with van der Waals surface area (Å²) in [5.41, 5.74) is 10.2. The van der Waals surface area contributed by atoms with Crippen LogP contribution in [0.15, 0.2) is 24.3 Å². The number of nitrogens with zero attached hydrogens (tertiary/aromatic N) is 2. The number of nitrogen functional groups attached to an aromatic ring is 1. The Morgan fingerprint density at radius 1 is 1.32 bits per heavy atom. The molecule has 1 fully saturated rings.